The zero-order valence-corrected chi connectivity index (χ0v) is 14.9. The second kappa shape index (κ2) is 8.99. The lowest BCUT2D eigenvalue weighted by atomic mass is 10.1. The van der Waals surface area contributed by atoms with E-state index in [1.54, 1.807) is 24.3 Å². The Morgan fingerprint density at radius 2 is 1.68 bits per heavy atom. The molecule has 130 valence electrons. The highest BCUT2D eigenvalue weighted by Crippen LogP contribution is 2.14. The predicted molar refractivity (Wildman–Crippen MR) is 101 cm³/mol. The Hall–Kier alpha value is -2.66. The second-order valence-corrected chi connectivity index (χ2v) is 6.13. The maximum Gasteiger partial charge on any atom is 0.240 e. The third-order valence-corrected chi connectivity index (χ3v) is 3.89. The normalized spacial score (nSPS) is 10.7. The maximum absolute atomic E-state index is 11.9. The van der Waals surface area contributed by atoms with Crippen LogP contribution in [0.1, 0.15) is 29.5 Å². The minimum Gasteiger partial charge on any atom is -0.326 e. The number of carbonyl (C=O) groups is 2. The third-order valence-electron chi connectivity index (χ3n) is 3.64. The molecule has 25 heavy (non-hydrogen) atoms. The van der Waals surface area contributed by atoms with Gasteiger partial charge >= 0.3 is 0 Å². The number of hydrogen-bond donors (Lipinski definition) is 2. The summed E-state index contributed by atoms with van der Waals surface area (Å²) in [5.41, 5.74) is 6.21. The van der Waals surface area contributed by atoms with Gasteiger partial charge in [0.2, 0.25) is 11.8 Å². The monoisotopic (exact) mass is 357 g/mol. The van der Waals surface area contributed by atoms with Gasteiger partial charge in [0.25, 0.3) is 0 Å². The summed E-state index contributed by atoms with van der Waals surface area (Å²) in [5, 5.41) is 7.27. The predicted octanol–water partition coefficient (Wildman–Crippen LogP) is 3.83. The molecule has 0 radical (unpaired) electrons. The fraction of sp³-hybridized carbons (Fsp3) is 0.211. The Labute approximate surface area is 152 Å². The molecule has 0 saturated heterocycles. The third kappa shape index (κ3) is 6.39. The average molecular weight is 358 g/mol. The van der Waals surface area contributed by atoms with Crippen LogP contribution in [-0.2, 0) is 9.59 Å². The first-order valence-corrected chi connectivity index (χ1v) is 8.26. The van der Waals surface area contributed by atoms with Crippen molar-refractivity contribution in [2.24, 2.45) is 5.10 Å². The summed E-state index contributed by atoms with van der Waals surface area (Å²) >= 11 is 5.79. The maximum atomic E-state index is 11.9. The molecular formula is C19H20ClN3O2. The fourth-order valence-electron chi connectivity index (χ4n) is 2.05. The SMILES string of the molecule is Cc1ccc(NC(=O)CCC(=O)N/N=C\c2ccc(Cl)cc2)cc1C. The van der Waals surface area contributed by atoms with Crippen LogP contribution in [0, 0.1) is 13.8 Å². The molecular weight excluding hydrogens is 338 g/mol. The van der Waals surface area contributed by atoms with E-state index in [4.69, 9.17) is 11.6 Å². The van der Waals surface area contributed by atoms with Crippen molar-refractivity contribution in [3.05, 3.63) is 64.2 Å². The van der Waals surface area contributed by atoms with Crippen LogP contribution >= 0.6 is 11.6 Å². The Morgan fingerprint density at radius 3 is 2.36 bits per heavy atom. The van der Waals surface area contributed by atoms with Crippen molar-refractivity contribution in [3.63, 3.8) is 0 Å². The number of carbonyl (C=O) groups excluding carboxylic acids is 2. The van der Waals surface area contributed by atoms with E-state index in [-0.39, 0.29) is 24.7 Å². The van der Waals surface area contributed by atoms with Gasteiger partial charge in [0.05, 0.1) is 6.21 Å². The average Bonchev–Trinajstić information content (AvgIpc) is 2.58. The number of halogens is 1. The molecule has 0 fully saturated rings. The van der Waals surface area contributed by atoms with Crippen LogP contribution in [0.15, 0.2) is 47.6 Å². The lowest BCUT2D eigenvalue weighted by Gasteiger charge is -2.07. The van der Waals surface area contributed by atoms with Gasteiger partial charge in [-0.2, -0.15) is 5.10 Å². The van der Waals surface area contributed by atoms with Gasteiger partial charge in [0.15, 0.2) is 0 Å². The molecule has 2 aromatic rings. The van der Waals surface area contributed by atoms with Crippen molar-refractivity contribution in [3.8, 4) is 0 Å². The van der Waals surface area contributed by atoms with Crippen LogP contribution in [0.25, 0.3) is 0 Å². The molecule has 0 aliphatic carbocycles. The number of anilines is 1. The van der Waals surface area contributed by atoms with E-state index in [1.807, 2.05) is 32.0 Å². The zero-order valence-electron chi connectivity index (χ0n) is 14.2. The van der Waals surface area contributed by atoms with E-state index >= 15 is 0 Å². The van der Waals surface area contributed by atoms with Crippen LogP contribution < -0.4 is 10.7 Å². The quantitative estimate of drug-likeness (QED) is 0.609. The summed E-state index contributed by atoms with van der Waals surface area (Å²) in [6.07, 6.45) is 1.67. The summed E-state index contributed by atoms with van der Waals surface area (Å²) < 4.78 is 0. The van der Waals surface area contributed by atoms with Gasteiger partial charge in [-0.25, -0.2) is 5.43 Å². The number of benzene rings is 2. The van der Waals surface area contributed by atoms with Crippen LogP contribution in [-0.4, -0.2) is 18.0 Å². The molecule has 2 aromatic carbocycles. The number of aryl methyl sites for hydroxylation is 2. The second-order valence-electron chi connectivity index (χ2n) is 5.69. The molecule has 0 heterocycles. The lowest BCUT2D eigenvalue weighted by molar-refractivity contribution is -0.124. The van der Waals surface area contributed by atoms with Crippen molar-refractivity contribution in [1.29, 1.82) is 0 Å². The van der Waals surface area contributed by atoms with E-state index in [2.05, 4.69) is 15.8 Å². The largest absolute Gasteiger partial charge is 0.326 e. The molecule has 0 aliphatic rings. The summed E-state index contributed by atoms with van der Waals surface area (Å²) in [7, 11) is 0. The van der Waals surface area contributed by atoms with Crippen LogP contribution in [0.5, 0.6) is 0 Å². The molecule has 0 bridgehead atoms. The number of hydrazone groups is 1. The number of amides is 2. The minimum absolute atomic E-state index is 0.0641. The molecule has 0 atom stereocenters. The number of rotatable bonds is 6. The molecule has 6 heteroatoms. The van der Waals surface area contributed by atoms with Crippen molar-refractivity contribution in [2.45, 2.75) is 26.7 Å². The van der Waals surface area contributed by atoms with Gasteiger partial charge < -0.3 is 5.32 Å². The fourth-order valence-corrected chi connectivity index (χ4v) is 2.18. The molecule has 2 rings (SSSR count). The first-order chi connectivity index (χ1) is 11.9. The Balaban J connectivity index is 1.74. The van der Waals surface area contributed by atoms with Crippen molar-refractivity contribution < 1.29 is 9.59 Å². The first-order valence-electron chi connectivity index (χ1n) is 7.88. The summed E-state index contributed by atoms with van der Waals surface area (Å²) in [5.74, 6) is -0.527. The van der Waals surface area contributed by atoms with Gasteiger partial charge in [-0.05, 0) is 54.8 Å². The first kappa shape index (κ1) is 18.7. The van der Waals surface area contributed by atoms with Gasteiger partial charge in [0, 0.05) is 23.6 Å². The van der Waals surface area contributed by atoms with Crippen LogP contribution in [0.3, 0.4) is 0 Å². The Morgan fingerprint density at radius 1 is 1.00 bits per heavy atom. The van der Waals surface area contributed by atoms with E-state index < -0.39 is 0 Å². The van der Waals surface area contributed by atoms with Crippen molar-refractivity contribution >= 4 is 35.3 Å². The highest BCUT2D eigenvalue weighted by Gasteiger charge is 2.07. The standard InChI is InChI=1S/C19H20ClN3O2/c1-13-3-8-17(11-14(13)2)22-18(24)9-10-19(25)23-21-12-15-4-6-16(20)7-5-15/h3-8,11-12H,9-10H2,1-2H3,(H,22,24)(H,23,25)/b21-12-. The topological polar surface area (TPSA) is 70.6 Å². The van der Waals surface area contributed by atoms with Gasteiger partial charge in [-0.3, -0.25) is 9.59 Å². The molecule has 0 unspecified atom stereocenters. The number of hydrogen-bond acceptors (Lipinski definition) is 3. The van der Waals surface area contributed by atoms with Crippen LogP contribution in [0.2, 0.25) is 5.02 Å². The molecule has 0 aliphatic heterocycles. The van der Waals surface area contributed by atoms with E-state index in [1.165, 1.54) is 6.21 Å². The van der Waals surface area contributed by atoms with Gasteiger partial charge in [-0.1, -0.05) is 29.8 Å². The highest BCUT2D eigenvalue weighted by atomic mass is 35.5. The van der Waals surface area contributed by atoms with E-state index in [0.717, 1.165) is 22.4 Å². The minimum atomic E-state index is -0.319. The smallest absolute Gasteiger partial charge is 0.240 e. The molecule has 0 spiro atoms. The lowest BCUT2D eigenvalue weighted by Crippen LogP contribution is -2.20. The molecule has 2 N–H and O–H groups in total. The highest BCUT2D eigenvalue weighted by molar-refractivity contribution is 6.30. The molecule has 5 nitrogen and oxygen atoms in total. The Bertz CT molecular complexity index is 786. The summed E-state index contributed by atoms with van der Waals surface area (Å²) in [6, 6.07) is 12.7. The van der Waals surface area contributed by atoms with Gasteiger partial charge in [-0.15, -0.1) is 0 Å². The molecule has 2 amide bonds. The van der Waals surface area contributed by atoms with E-state index in [9.17, 15) is 9.59 Å². The van der Waals surface area contributed by atoms with Crippen molar-refractivity contribution in [1.82, 2.24) is 5.43 Å². The summed E-state index contributed by atoms with van der Waals surface area (Å²) in [4.78, 5) is 23.6. The van der Waals surface area contributed by atoms with Crippen molar-refractivity contribution in [2.75, 3.05) is 5.32 Å². The van der Waals surface area contributed by atoms with E-state index in [0.29, 0.717) is 5.02 Å². The molecule has 0 aromatic heterocycles. The number of nitrogens with zero attached hydrogens (tertiary/aromatic N) is 1. The number of nitrogens with one attached hydrogen (secondary N) is 2. The van der Waals surface area contributed by atoms with Crippen LogP contribution in [0.4, 0.5) is 5.69 Å². The Kier molecular flexibility index (Phi) is 6.71. The summed E-state index contributed by atoms with van der Waals surface area (Å²) in [6.45, 7) is 3.99. The van der Waals surface area contributed by atoms with Gasteiger partial charge in [0.1, 0.15) is 0 Å². The molecule has 0 saturated carbocycles. The zero-order chi connectivity index (χ0) is 18.2.